The average molecular weight is 376 g/mol. The molecule has 7 heteroatoms. The maximum absolute atomic E-state index is 12.8. The van der Waals surface area contributed by atoms with Crippen molar-refractivity contribution in [2.45, 2.75) is 29.7 Å². The van der Waals surface area contributed by atoms with Crippen molar-refractivity contribution in [2.24, 2.45) is 0 Å². The van der Waals surface area contributed by atoms with Crippen molar-refractivity contribution < 1.29 is 8.42 Å². The summed E-state index contributed by atoms with van der Waals surface area (Å²) in [5, 5.41) is 0. The molecule has 0 bridgehead atoms. The summed E-state index contributed by atoms with van der Waals surface area (Å²) in [6, 6.07) is 4.90. The monoisotopic (exact) mass is 375 g/mol. The third-order valence-electron chi connectivity index (χ3n) is 4.41. The van der Waals surface area contributed by atoms with Crippen LogP contribution in [0, 0.1) is 0 Å². The molecule has 0 saturated heterocycles. The van der Waals surface area contributed by atoms with Crippen LogP contribution in [0.25, 0.3) is 0 Å². The number of likely N-dealkylation sites (N-methyl/N-ethyl adjacent to an activating group) is 2. The highest BCUT2D eigenvalue weighted by molar-refractivity contribution is 9.10. The molecule has 5 nitrogen and oxygen atoms in total. The summed E-state index contributed by atoms with van der Waals surface area (Å²) in [4.78, 5) is 2.29. The van der Waals surface area contributed by atoms with Gasteiger partial charge in [0, 0.05) is 23.6 Å². The minimum Gasteiger partial charge on any atom is -0.398 e. The normalized spacial score (nSPS) is 18.0. The smallest absolute Gasteiger partial charge is 0.244 e. The Labute approximate surface area is 135 Å². The lowest BCUT2D eigenvalue weighted by atomic mass is 9.75. The van der Waals surface area contributed by atoms with Gasteiger partial charge >= 0.3 is 0 Å². The molecule has 21 heavy (non-hydrogen) atoms. The van der Waals surface area contributed by atoms with Crippen LogP contribution in [0.15, 0.2) is 27.6 Å². The first-order valence-corrected chi connectivity index (χ1v) is 9.11. The fraction of sp³-hybridized carbons (Fsp3) is 0.571. The average Bonchev–Trinajstić information content (AvgIpc) is 2.35. The fourth-order valence-electron chi connectivity index (χ4n) is 2.73. The first-order chi connectivity index (χ1) is 9.69. The molecule has 2 rings (SSSR count). The Kier molecular flexibility index (Phi) is 4.68. The van der Waals surface area contributed by atoms with Crippen molar-refractivity contribution in [3.63, 3.8) is 0 Å². The molecule has 0 atom stereocenters. The van der Waals surface area contributed by atoms with Crippen molar-refractivity contribution >= 4 is 31.6 Å². The third kappa shape index (κ3) is 3.11. The molecule has 118 valence electrons. The Morgan fingerprint density at radius 1 is 1.29 bits per heavy atom. The fourth-order valence-corrected chi connectivity index (χ4v) is 4.63. The summed E-state index contributed by atoms with van der Waals surface area (Å²) in [5.74, 6) is 0. The number of nitrogens with two attached hydrogens (primary N) is 1. The first-order valence-electron chi connectivity index (χ1n) is 6.88. The molecule has 1 aliphatic carbocycles. The molecule has 0 heterocycles. The molecule has 0 radical (unpaired) electrons. The largest absolute Gasteiger partial charge is 0.398 e. The topological polar surface area (TPSA) is 66.6 Å². The summed E-state index contributed by atoms with van der Waals surface area (Å²) in [6.07, 6.45) is 3.19. The molecule has 1 saturated carbocycles. The van der Waals surface area contributed by atoms with Gasteiger partial charge in [-0.3, -0.25) is 0 Å². The zero-order chi connectivity index (χ0) is 15.8. The molecule has 1 aromatic rings. The third-order valence-corrected chi connectivity index (χ3v) is 6.77. The number of anilines is 1. The molecule has 0 spiro atoms. The molecular formula is C14H22BrN3O2S. The van der Waals surface area contributed by atoms with Crippen LogP contribution in [0.3, 0.4) is 0 Å². The van der Waals surface area contributed by atoms with E-state index in [1.807, 2.05) is 14.1 Å². The van der Waals surface area contributed by atoms with Gasteiger partial charge in [0.05, 0.1) is 5.69 Å². The highest BCUT2D eigenvalue weighted by Gasteiger charge is 2.42. The summed E-state index contributed by atoms with van der Waals surface area (Å²) in [6.45, 7) is 0.480. The van der Waals surface area contributed by atoms with Crippen molar-refractivity contribution in [3.05, 3.63) is 22.7 Å². The van der Waals surface area contributed by atoms with E-state index in [1.54, 1.807) is 25.2 Å². The molecular weight excluding hydrogens is 354 g/mol. The summed E-state index contributed by atoms with van der Waals surface area (Å²) < 4.78 is 27.6. The van der Waals surface area contributed by atoms with E-state index in [1.165, 1.54) is 4.31 Å². The van der Waals surface area contributed by atoms with E-state index in [0.29, 0.717) is 11.0 Å². The standard InChI is InChI=1S/C14H22BrN3O2S/c1-17(2)14(7-4-8-14)10-18(3)21(19,20)13-9-11(15)5-6-12(13)16/h5-6,9H,4,7-8,10,16H2,1-3H3. The number of benzene rings is 1. The SMILES string of the molecule is CN(C)C1(CN(C)S(=O)(=O)c2cc(Br)ccc2N)CCC1. The van der Waals surface area contributed by atoms with Crippen LogP contribution in [-0.4, -0.2) is 50.8 Å². The second-order valence-electron chi connectivity index (χ2n) is 5.92. The maximum Gasteiger partial charge on any atom is 0.244 e. The number of hydrogen-bond acceptors (Lipinski definition) is 4. The molecule has 1 aromatic carbocycles. The Hall–Kier alpha value is -0.630. The zero-order valence-corrected chi connectivity index (χ0v) is 15.0. The number of sulfonamides is 1. The van der Waals surface area contributed by atoms with E-state index in [-0.39, 0.29) is 16.1 Å². The van der Waals surface area contributed by atoms with E-state index in [0.717, 1.165) is 19.3 Å². The van der Waals surface area contributed by atoms with Gasteiger partial charge in [-0.25, -0.2) is 8.42 Å². The van der Waals surface area contributed by atoms with Crippen LogP contribution in [-0.2, 0) is 10.0 Å². The van der Waals surface area contributed by atoms with Gasteiger partial charge in [0.25, 0.3) is 0 Å². The number of hydrogen-bond donors (Lipinski definition) is 1. The van der Waals surface area contributed by atoms with Crippen LogP contribution in [0.1, 0.15) is 19.3 Å². The van der Waals surface area contributed by atoms with Crippen LogP contribution in [0.5, 0.6) is 0 Å². The highest BCUT2D eigenvalue weighted by Crippen LogP contribution is 2.38. The Morgan fingerprint density at radius 2 is 1.90 bits per heavy atom. The predicted octanol–water partition coefficient (Wildman–Crippen LogP) is 2.14. The van der Waals surface area contributed by atoms with Gasteiger partial charge in [0.15, 0.2) is 0 Å². The van der Waals surface area contributed by atoms with E-state index in [2.05, 4.69) is 20.8 Å². The summed E-state index contributed by atoms with van der Waals surface area (Å²) in [5.41, 5.74) is 6.07. The molecule has 1 fully saturated rings. The molecule has 0 aliphatic heterocycles. The van der Waals surface area contributed by atoms with Gasteiger partial charge < -0.3 is 10.6 Å². The van der Waals surface area contributed by atoms with E-state index in [4.69, 9.17) is 5.73 Å². The van der Waals surface area contributed by atoms with Crippen molar-refractivity contribution in [3.8, 4) is 0 Å². The van der Waals surface area contributed by atoms with Gasteiger partial charge in [0.2, 0.25) is 10.0 Å². The van der Waals surface area contributed by atoms with Crippen LogP contribution >= 0.6 is 15.9 Å². The van der Waals surface area contributed by atoms with Crippen LogP contribution in [0.4, 0.5) is 5.69 Å². The minimum atomic E-state index is -3.58. The van der Waals surface area contributed by atoms with Gasteiger partial charge in [-0.05, 0) is 51.6 Å². The van der Waals surface area contributed by atoms with E-state index < -0.39 is 10.0 Å². The lowest BCUT2D eigenvalue weighted by Gasteiger charge is -2.49. The zero-order valence-electron chi connectivity index (χ0n) is 12.6. The van der Waals surface area contributed by atoms with Crippen molar-refractivity contribution in [2.75, 3.05) is 33.4 Å². The van der Waals surface area contributed by atoms with E-state index >= 15 is 0 Å². The van der Waals surface area contributed by atoms with Crippen LogP contribution in [0.2, 0.25) is 0 Å². The molecule has 1 aliphatic rings. The van der Waals surface area contributed by atoms with Gasteiger partial charge in [-0.1, -0.05) is 15.9 Å². The Morgan fingerprint density at radius 3 is 2.38 bits per heavy atom. The predicted molar refractivity (Wildman–Crippen MR) is 88.6 cm³/mol. The van der Waals surface area contributed by atoms with Crippen LogP contribution < -0.4 is 5.73 Å². The van der Waals surface area contributed by atoms with Crippen molar-refractivity contribution in [1.29, 1.82) is 0 Å². The van der Waals surface area contributed by atoms with Gasteiger partial charge in [0.1, 0.15) is 4.90 Å². The molecule has 0 aromatic heterocycles. The van der Waals surface area contributed by atoms with Gasteiger partial charge in [-0.2, -0.15) is 4.31 Å². The number of nitrogens with zero attached hydrogens (tertiary/aromatic N) is 2. The molecule has 0 unspecified atom stereocenters. The quantitative estimate of drug-likeness (QED) is 0.800. The Balaban J connectivity index is 2.29. The second kappa shape index (κ2) is 5.87. The molecule has 2 N–H and O–H groups in total. The summed E-state index contributed by atoms with van der Waals surface area (Å²) in [7, 11) is 2.05. The maximum atomic E-state index is 12.8. The minimum absolute atomic E-state index is 0.0530. The number of nitrogen functional groups attached to an aromatic ring is 1. The number of rotatable bonds is 5. The van der Waals surface area contributed by atoms with E-state index in [9.17, 15) is 8.42 Å². The van der Waals surface area contributed by atoms with Crippen molar-refractivity contribution in [1.82, 2.24) is 9.21 Å². The number of halogens is 1. The summed E-state index contributed by atoms with van der Waals surface area (Å²) >= 11 is 3.30. The first kappa shape index (κ1) is 16.7. The lowest BCUT2D eigenvalue weighted by molar-refractivity contribution is 0.0455. The molecule has 0 amide bonds. The lowest BCUT2D eigenvalue weighted by Crippen LogP contribution is -2.57. The highest BCUT2D eigenvalue weighted by atomic mass is 79.9. The van der Waals surface area contributed by atoms with Gasteiger partial charge in [-0.15, -0.1) is 0 Å². The Bertz CT molecular complexity index is 627. The second-order valence-corrected chi connectivity index (χ2v) is 8.84.